The zero-order chi connectivity index (χ0) is 21.1. The number of hydrogen-bond donors (Lipinski definition) is 0. The molecule has 3 aromatic rings. The van der Waals surface area contributed by atoms with Crippen molar-refractivity contribution < 1.29 is 9.47 Å². The third-order valence-corrected chi connectivity index (χ3v) is 5.04. The molecule has 7 nitrogen and oxygen atoms in total. The minimum absolute atomic E-state index is 0.166. The first-order valence-corrected chi connectivity index (χ1v) is 9.51. The molecular weight excluding hydrogens is 402 g/mol. The van der Waals surface area contributed by atoms with Crippen LogP contribution in [0.1, 0.15) is 29.0 Å². The van der Waals surface area contributed by atoms with Gasteiger partial charge in [-0.3, -0.25) is 0 Å². The molecule has 0 unspecified atom stereocenters. The van der Waals surface area contributed by atoms with Crippen molar-refractivity contribution in [1.29, 1.82) is 5.26 Å². The summed E-state index contributed by atoms with van der Waals surface area (Å²) in [6.45, 7) is 0. The molecule has 1 aromatic carbocycles. The quantitative estimate of drug-likeness (QED) is 0.598. The summed E-state index contributed by atoms with van der Waals surface area (Å²) in [5.41, 5.74) is 3.45. The molecule has 0 amide bonds. The Morgan fingerprint density at radius 3 is 2.73 bits per heavy atom. The molecule has 0 saturated heterocycles. The topological polar surface area (TPSA) is 93.8 Å². The van der Waals surface area contributed by atoms with Gasteiger partial charge in [0, 0.05) is 23.6 Å². The van der Waals surface area contributed by atoms with Crippen LogP contribution in [0.3, 0.4) is 0 Å². The Kier molecular flexibility index (Phi) is 5.47. The van der Waals surface area contributed by atoms with Crippen molar-refractivity contribution in [3.8, 4) is 41.1 Å². The first kappa shape index (κ1) is 19.6. The van der Waals surface area contributed by atoms with Gasteiger partial charge < -0.3 is 9.47 Å². The SMILES string of the molecule is COc1ncc(-c2cc([C@H]3C[C@@H]3C#Cc3cccc(C#N)c3)c(Cl)nn2)c(OC)n1. The van der Waals surface area contributed by atoms with Gasteiger partial charge in [-0.25, -0.2) is 4.98 Å². The van der Waals surface area contributed by atoms with E-state index in [1.165, 1.54) is 14.2 Å². The summed E-state index contributed by atoms with van der Waals surface area (Å²) in [6.07, 6.45) is 2.46. The fourth-order valence-corrected chi connectivity index (χ4v) is 3.34. The molecule has 148 valence electrons. The predicted molar refractivity (Wildman–Crippen MR) is 110 cm³/mol. The molecule has 1 saturated carbocycles. The van der Waals surface area contributed by atoms with E-state index in [2.05, 4.69) is 38.1 Å². The van der Waals surface area contributed by atoms with Crippen LogP contribution in [0, 0.1) is 29.1 Å². The number of benzene rings is 1. The van der Waals surface area contributed by atoms with Gasteiger partial charge in [-0.15, -0.1) is 10.2 Å². The first-order chi connectivity index (χ1) is 14.6. The molecule has 0 aliphatic heterocycles. The summed E-state index contributed by atoms with van der Waals surface area (Å²) in [6, 6.07) is 11.5. The van der Waals surface area contributed by atoms with Crippen molar-refractivity contribution in [2.75, 3.05) is 14.2 Å². The standard InChI is InChI=1S/C22H16ClN5O2/c1-29-21-18(12-25-22(26-21)30-2)19-10-17(20(23)28-27-19)16-9-15(16)7-6-13-4-3-5-14(8-13)11-24/h3-5,8,10,12,15-16H,9H2,1-2H3/t15-,16-/m0/s1. The molecule has 1 aliphatic rings. The van der Waals surface area contributed by atoms with E-state index in [0.717, 1.165) is 17.5 Å². The van der Waals surface area contributed by atoms with E-state index >= 15 is 0 Å². The maximum Gasteiger partial charge on any atom is 0.319 e. The lowest BCUT2D eigenvalue weighted by molar-refractivity contribution is 0.353. The Balaban J connectivity index is 1.59. The molecule has 0 bridgehead atoms. The number of halogens is 1. The normalized spacial score (nSPS) is 16.7. The van der Waals surface area contributed by atoms with Crippen LogP contribution < -0.4 is 9.47 Å². The van der Waals surface area contributed by atoms with E-state index in [0.29, 0.717) is 27.9 Å². The summed E-state index contributed by atoms with van der Waals surface area (Å²) in [4.78, 5) is 8.32. The highest BCUT2D eigenvalue weighted by atomic mass is 35.5. The van der Waals surface area contributed by atoms with Crippen molar-refractivity contribution >= 4 is 11.6 Å². The lowest BCUT2D eigenvalue weighted by atomic mass is 10.1. The highest BCUT2D eigenvalue weighted by Gasteiger charge is 2.39. The highest BCUT2D eigenvalue weighted by molar-refractivity contribution is 6.30. The van der Waals surface area contributed by atoms with Crippen molar-refractivity contribution in [3.63, 3.8) is 0 Å². The summed E-state index contributed by atoms with van der Waals surface area (Å²) in [7, 11) is 3.00. The van der Waals surface area contributed by atoms with Crippen LogP contribution in [0.4, 0.5) is 0 Å². The van der Waals surface area contributed by atoms with Crippen LogP contribution in [0.25, 0.3) is 11.3 Å². The maximum atomic E-state index is 9.01. The van der Waals surface area contributed by atoms with Gasteiger partial charge >= 0.3 is 6.01 Å². The van der Waals surface area contributed by atoms with Crippen molar-refractivity contribution in [2.45, 2.75) is 12.3 Å². The smallest absolute Gasteiger partial charge is 0.319 e. The summed E-state index contributed by atoms with van der Waals surface area (Å²) in [5.74, 6) is 7.09. The lowest BCUT2D eigenvalue weighted by Gasteiger charge is -2.09. The molecule has 0 radical (unpaired) electrons. The minimum Gasteiger partial charge on any atom is -0.480 e. The van der Waals surface area contributed by atoms with E-state index in [1.807, 2.05) is 18.2 Å². The lowest BCUT2D eigenvalue weighted by Crippen LogP contribution is -2.00. The van der Waals surface area contributed by atoms with Gasteiger partial charge in [0.2, 0.25) is 5.88 Å². The van der Waals surface area contributed by atoms with Gasteiger partial charge in [-0.05, 0) is 36.2 Å². The largest absolute Gasteiger partial charge is 0.480 e. The molecule has 1 aliphatic carbocycles. The van der Waals surface area contributed by atoms with Crippen LogP contribution in [-0.4, -0.2) is 34.4 Å². The molecule has 8 heteroatoms. The van der Waals surface area contributed by atoms with Gasteiger partial charge in [0.15, 0.2) is 5.15 Å². The monoisotopic (exact) mass is 417 g/mol. The molecule has 4 rings (SSSR count). The minimum atomic E-state index is 0.166. The Morgan fingerprint density at radius 1 is 1.13 bits per heavy atom. The van der Waals surface area contributed by atoms with Gasteiger partial charge in [-0.1, -0.05) is 29.5 Å². The van der Waals surface area contributed by atoms with E-state index in [1.54, 1.807) is 18.3 Å². The van der Waals surface area contributed by atoms with Crippen LogP contribution in [0.5, 0.6) is 11.9 Å². The third-order valence-electron chi connectivity index (χ3n) is 4.74. The van der Waals surface area contributed by atoms with Crippen molar-refractivity contribution in [3.05, 3.63) is 58.4 Å². The van der Waals surface area contributed by atoms with Crippen LogP contribution >= 0.6 is 11.6 Å². The molecule has 0 N–H and O–H groups in total. The van der Waals surface area contributed by atoms with Crippen LogP contribution in [0.15, 0.2) is 36.5 Å². The molecule has 0 spiro atoms. The van der Waals surface area contributed by atoms with Gasteiger partial charge in [-0.2, -0.15) is 10.2 Å². The fraction of sp³-hybridized carbons (Fsp3) is 0.227. The number of nitriles is 1. The second-order valence-electron chi connectivity index (χ2n) is 6.67. The Morgan fingerprint density at radius 2 is 1.97 bits per heavy atom. The highest BCUT2D eigenvalue weighted by Crippen LogP contribution is 2.49. The molecule has 2 atom stereocenters. The van der Waals surface area contributed by atoms with Gasteiger partial charge in [0.1, 0.15) is 5.69 Å². The average molecular weight is 418 g/mol. The maximum absolute atomic E-state index is 9.01. The van der Waals surface area contributed by atoms with E-state index in [9.17, 15) is 0 Å². The third kappa shape index (κ3) is 4.03. The number of rotatable bonds is 4. The number of aromatic nitrogens is 4. The summed E-state index contributed by atoms with van der Waals surface area (Å²) >= 11 is 6.32. The first-order valence-electron chi connectivity index (χ1n) is 9.13. The summed E-state index contributed by atoms with van der Waals surface area (Å²) in [5, 5.41) is 17.6. The zero-order valence-corrected chi connectivity index (χ0v) is 17.0. The second-order valence-corrected chi connectivity index (χ2v) is 7.02. The number of ether oxygens (including phenoxy) is 2. The molecule has 2 aromatic heterocycles. The van der Waals surface area contributed by atoms with E-state index in [-0.39, 0.29) is 17.8 Å². The molecule has 30 heavy (non-hydrogen) atoms. The fourth-order valence-electron chi connectivity index (χ4n) is 3.10. The van der Waals surface area contributed by atoms with Crippen LogP contribution in [-0.2, 0) is 0 Å². The van der Waals surface area contributed by atoms with Crippen LogP contribution in [0.2, 0.25) is 5.15 Å². The number of nitrogens with zero attached hydrogens (tertiary/aromatic N) is 5. The number of hydrogen-bond acceptors (Lipinski definition) is 7. The van der Waals surface area contributed by atoms with Crippen molar-refractivity contribution in [1.82, 2.24) is 20.2 Å². The number of methoxy groups -OCH3 is 2. The van der Waals surface area contributed by atoms with Gasteiger partial charge in [0.05, 0.1) is 31.4 Å². The van der Waals surface area contributed by atoms with Gasteiger partial charge in [0.25, 0.3) is 0 Å². The average Bonchev–Trinajstić information content (AvgIpc) is 3.57. The van der Waals surface area contributed by atoms with Crippen molar-refractivity contribution in [2.24, 2.45) is 5.92 Å². The Bertz CT molecular complexity index is 1210. The summed E-state index contributed by atoms with van der Waals surface area (Å²) < 4.78 is 10.4. The predicted octanol–water partition coefficient (Wildman–Crippen LogP) is 3.63. The van der Waals surface area contributed by atoms with E-state index in [4.69, 9.17) is 26.3 Å². The molecule has 1 fully saturated rings. The molecule has 2 heterocycles. The Hall–Kier alpha value is -3.68. The second kappa shape index (κ2) is 8.36. The zero-order valence-electron chi connectivity index (χ0n) is 16.3. The molecular formula is C22H16ClN5O2. The van der Waals surface area contributed by atoms with E-state index < -0.39 is 0 Å². The Labute approximate surface area is 178 Å².